The summed E-state index contributed by atoms with van der Waals surface area (Å²) in [7, 11) is 1.63. The van der Waals surface area contributed by atoms with Crippen molar-refractivity contribution in [3.8, 4) is 5.88 Å². The number of rotatable bonds is 6. The summed E-state index contributed by atoms with van der Waals surface area (Å²) in [5.74, 6) is 1.38. The van der Waals surface area contributed by atoms with Gasteiger partial charge >= 0.3 is 0 Å². The molecule has 0 spiro atoms. The van der Waals surface area contributed by atoms with Crippen LogP contribution in [0.2, 0.25) is 0 Å². The maximum atomic E-state index is 5.15. The summed E-state index contributed by atoms with van der Waals surface area (Å²) in [4.78, 5) is 10.9. The van der Waals surface area contributed by atoms with Crippen molar-refractivity contribution >= 4 is 21.9 Å². The molecule has 0 atom stereocenters. The number of halogens is 1. The van der Waals surface area contributed by atoms with Crippen molar-refractivity contribution in [2.75, 3.05) is 30.4 Å². The Morgan fingerprint density at radius 1 is 1.44 bits per heavy atom. The minimum Gasteiger partial charge on any atom is -0.481 e. The molecule has 0 fully saturated rings. The lowest BCUT2D eigenvalue weighted by atomic mass is 10.4. The molecule has 16 heavy (non-hydrogen) atoms. The van der Waals surface area contributed by atoms with E-state index < -0.39 is 0 Å². The van der Waals surface area contributed by atoms with E-state index in [9.17, 15) is 0 Å². The summed E-state index contributed by atoms with van der Waals surface area (Å²) in [6.45, 7) is 5.91. The Kier molecular flexibility index (Phi) is 5.52. The standard InChI is InChI=1S/C11H18BrN3O/c1-4-15(7-5-6-12)11-13-9(2)8-10(14-11)16-3/h8H,4-7H2,1-3H3. The molecule has 0 radical (unpaired) electrons. The number of methoxy groups -OCH3 is 1. The molecule has 0 saturated heterocycles. The molecule has 1 aromatic rings. The Labute approximate surface area is 105 Å². The van der Waals surface area contributed by atoms with Gasteiger partial charge in [-0.05, 0) is 20.3 Å². The van der Waals surface area contributed by atoms with Gasteiger partial charge in [0.25, 0.3) is 0 Å². The zero-order chi connectivity index (χ0) is 12.0. The second-order valence-corrected chi connectivity index (χ2v) is 4.27. The van der Waals surface area contributed by atoms with Crippen molar-refractivity contribution in [2.24, 2.45) is 0 Å². The molecular weight excluding hydrogens is 270 g/mol. The van der Waals surface area contributed by atoms with Gasteiger partial charge in [-0.2, -0.15) is 4.98 Å². The summed E-state index contributed by atoms with van der Waals surface area (Å²) in [5, 5.41) is 0.993. The van der Waals surface area contributed by atoms with E-state index in [2.05, 4.69) is 37.7 Å². The van der Waals surface area contributed by atoms with Gasteiger partial charge in [-0.15, -0.1) is 0 Å². The molecule has 0 aliphatic rings. The second kappa shape index (κ2) is 6.68. The van der Waals surface area contributed by atoms with E-state index in [-0.39, 0.29) is 0 Å². The first-order valence-electron chi connectivity index (χ1n) is 5.41. The Bertz CT molecular complexity index is 333. The van der Waals surface area contributed by atoms with Crippen molar-refractivity contribution in [1.29, 1.82) is 0 Å². The summed E-state index contributed by atoms with van der Waals surface area (Å²) in [6.07, 6.45) is 1.08. The summed E-state index contributed by atoms with van der Waals surface area (Å²) in [6, 6.07) is 1.84. The van der Waals surface area contributed by atoms with Crippen molar-refractivity contribution in [3.63, 3.8) is 0 Å². The Morgan fingerprint density at radius 2 is 2.19 bits per heavy atom. The number of alkyl halides is 1. The first kappa shape index (κ1) is 13.2. The molecule has 0 aliphatic carbocycles. The number of nitrogens with zero attached hydrogens (tertiary/aromatic N) is 3. The highest BCUT2D eigenvalue weighted by molar-refractivity contribution is 9.09. The minimum absolute atomic E-state index is 0.625. The van der Waals surface area contributed by atoms with Gasteiger partial charge in [0.1, 0.15) is 0 Å². The van der Waals surface area contributed by atoms with Crippen LogP contribution in [-0.4, -0.2) is 35.5 Å². The van der Waals surface area contributed by atoms with Gasteiger partial charge in [-0.3, -0.25) is 0 Å². The zero-order valence-corrected chi connectivity index (χ0v) is 11.6. The van der Waals surface area contributed by atoms with Crippen LogP contribution in [0.25, 0.3) is 0 Å². The summed E-state index contributed by atoms with van der Waals surface area (Å²) in [5.41, 5.74) is 0.930. The fourth-order valence-electron chi connectivity index (χ4n) is 1.42. The third-order valence-electron chi connectivity index (χ3n) is 2.25. The lowest BCUT2D eigenvalue weighted by Gasteiger charge is -2.20. The predicted octanol–water partition coefficient (Wildman–Crippen LogP) is 2.40. The van der Waals surface area contributed by atoms with Crippen LogP contribution in [0.4, 0.5) is 5.95 Å². The minimum atomic E-state index is 0.625. The molecule has 0 bridgehead atoms. The van der Waals surface area contributed by atoms with Crippen LogP contribution >= 0.6 is 15.9 Å². The van der Waals surface area contributed by atoms with Crippen LogP contribution in [0.15, 0.2) is 6.07 Å². The molecule has 0 saturated carbocycles. The maximum Gasteiger partial charge on any atom is 0.228 e. The second-order valence-electron chi connectivity index (χ2n) is 3.47. The van der Waals surface area contributed by atoms with Crippen molar-refractivity contribution < 1.29 is 4.74 Å². The van der Waals surface area contributed by atoms with Gasteiger partial charge in [0.15, 0.2) is 0 Å². The van der Waals surface area contributed by atoms with Gasteiger partial charge in [0.2, 0.25) is 11.8 Å². The summed E-state index contributed by atoms with van der Waals surface area (Å²) >= 11 is 3.43. The Balaban J connectivity index is 2.86. The third kappa shape index (κ3) is 3.63. The fourth-order valence-corrected chi connectivity index (χ4v) is 1.67. The fraction of sp³-hybridized carbons (Fsp3) is 0.636. The Hall–Kier alpha value is -0.840. The van der Waals surface area contributed by atoms with E-state index in [1.807, 2.05) is 13.0 Å². The number of aryl methyl sites for hydroxylation is 1. The number of hydrogen-bond acceptors (Lipinski definition) is 4. The van der Waals surface area contributed by atoms with Crippen molar-refractivity contribution in [3.05, 3.63) is 11.8 Å². The van der Waals surface area contributed by atoms with Gasteiger partial charge in [0, 0.05) is 30.2 Å². The highest BCUT2D eigenvalue weighted by Crippen LogP contribution is 2.15. The van der Waals surface area contributed by atoms with Crippen LogP contribution in [0.5, 0.6) is 5.88 Å². The first-order valence-corrected chi connectivity index (χ1v) is 6.54. The maximum absolute atomic E-state index is 5.15. The topological polar surface area (TPSA) is 38.2 Å². The molecule has 0 aliphatic heterocycles. The average Bonchev–Trinajstić information content (AvgIpc) is 2.29. The van der Waals surface area contributed by atoms with E-state index in [0.29, 0.717) is 5.88 Å². The summed E-state index contributed by atoms with van der Waals surface area (Å²) < 4.78 is 5.15. The number of ether oxygens (including phenoxy) is 1. The lowest BCUT2D eigenvalue weighted by molar-refractivity contribution is 0.396. The SMILES string of the molecule is CCN(CCCBr)c1nc(C)cc(OC)n1. The monoisotopic (exact) mass is 287 g/mol. The van der Waals surface area contributed by atoms with Crippen molar-refractivity contribution in [2.45, 2.75) is 20.3 Å². The van der Waals surface area contributed by atoms with E-state index >= 15 is 0 Å². The predicted molar refractivity (Wildman–Crippen MR) is 69.6 cm³/mol. The molecule has 1 rings (SSSR count). The van der Waals surface area contributed by atoms with Crippen LogP contribution in [0.1, 0.15) is 19.0 Å². The molecule has 5 heteroatoms. The van der Waals surface area contributed by atoms with Crippen molar-refractivity contribution in [1.82, 2.24) is 9.97 Å². The van der Waals surface area contributed by atoms with Gasteiger partial charge < -0.3 is 9.64 Å². The molecule has 0 unspecified atom stereocenters. The molecule has 4 nitrogen and oxygen atoms in total. The molecule has 1 aromatic heterocycles. The molecule has 1 heterocycles. The quantitative estimate of drug-likeness (QED) is 0.753. The average molecular weight is 288 g/mol. The van der Waals surface area contributed by atoms with E-state index in [1.165, 1.54) is 0 Å². The van der Waals surface area contributed by atoms with E-state index in [0.717, 1.165) is 36.5 Å². The van der Waals surface area contributed by atoms with Crippen LogP contribution < -0.4 is 9.64 Å². The highest BCUT2D eigenvalue weighted by Gasteiger charge is 2.09. The third-order valence-corrected chi connectivity index (χ3v) is 2.82. The first-order chi connectivity index (χ1) is 7.71. The van der Waals surface area contributed by atoms with Gasteiger partial charge in [0.05, 0.1) is 7.11 Å². The van der Waals surface area contributed by atoms with Gasteiger partial charge in [-0.25, -0.2) is 4.98 Å². The lowest BCUT2D eigenvalue weighted by Crippen LogP contribution is -2.26. The van der Waals surface area contributed by atoms with Crippen LogP contribution in [0, 0.1) is 6.92 Å². The number of aromatic nitrogens is 2. The van der Waals surface area contributed by atoms with Gasteiger partial charge in [-0.1, -0.05) is 15.9 Å². The molecule has 0 N–H and O–H groups in total. The normalized spacial score (nSPS) is 10.2. The largest absolute Gasteiger partial charge is 0.481 e. The molecular formula is C11H18BrN3O. The molecule has 90 valence electrons. The van der Waals surface area contributed by atoms with Crippen LogP contribution in [0.3, 0.4) is 0 Å². The highest BCUT2D eigenvalue weighted by atomic mass is 79.9. The van der Waals surface area contributed by atoms with E-state index in [4.69, 9.17) is 4.74 Å². The molecule has 0 aromatic carbocycles. The number of anilines is 1. The zero-order valence-electron chi connectivity index (χ0n) is 10.0. The smallest absolute Gasteiger partial charge is 0.228 e. The number of hydrogen-bond donors (Lipinski definition) is 0. The Morgan fingerprint density at radius 3 is 2.75 bits per heavy atom. The van der Waals surface area contributed by atoms with Crippen LogP contribution in [-0.2, 0) is 0 Å². The molecule has 0 amide bonds. The van der Waals surface area contributed by atoms with E-state index in [1.54, 1.807) is 7.11 Å².